The maximum Gasteiger partial charge on any atom is 0.323 e. The number of fused-ring (bicyclic) bond motifs is 2. The number of urea groups is 1. The summed E-state index contributed by atoms with van der Waals surface area (Å²) in [7, 11) is 0. The van der Waals surface area contributed by atoms with Gasteiger partial charge in [0.25, 0.3) is 0 Å². The standard InChI is InChI=1S/C29H26N4O2/c34-28(27-23-16-31-17-24(23)27)22-10-9-19(13-18-5-2-1-3-6-18)14-26(22)33-29(35)32-25-8-4-7-20-15-30-12-11-21(20)25/h1-12,14-15,23-24,27,31H,13,16-17H2,(H2,32,33,35). The molecule has 4 aromatic rings. The highest BCUT2D eigenvalue weighted by Gasteiger charge is 2.56. The molecule has 0 spiro atoms. The Labute approximate surface area is 203 Å². The predicted molar refractivity (Wildman–Crippen MR) is 138 cm³/mol. The number of ketones is 1. The maximum absolute atomic E-state index is 13.4. The molecule has 1 aromatic heterocycles. The number of Topliss-reactive ketones (excluding diaryl/α,β-unsaturated/α-hetero) is 1. The Hall–Kier alpha value is -4.03. The molecule has 35 heavy (non-hydrogen) atoms. The number of amides is 2. The SMILES string of the molecule is O=C(Nc1cc(Cc2ccccc2)ccc1C(=O)C1C2CNCC21)Nc1cccc2cnccc12. The number of pyridine rings is 1. The average Bonchev–Trinajstić information content (AvgIpc) is 3.35. The van der Waals surface area contributed by atoms with E-state index >= 15 is 0 Å². The van der Waals surface area contributed by atoms with Crippen molar-refractivity contribution in [3.8, 4) is 0 Å². The molecule has 6 nitrogen and oxygen atoms in total. The third-order valence-electron chi connectivity index (χ3n) is 7.17. The molecule has 1 saturated heterocycles. The summed E-state index contributed by atoms with van der Waals surface area (Å²) in [5.41, 5.74) is 4.05. The van der Waals surface area contributed by atoms with Crippen LogP contribution in [0, 0.1) is 17.8 Å². The zero-order chi connectivity index (χ0) is 23.8. The largest absolute Gasteiger partial charge is 0.323 e. The molecule has 2 aliphatic rings. The Morgan fingerprint density at radius 2 is 1.66 bits per heavy atom. The fraction of sp³-hybridized carbons (Fsp3) is 0.207. The molecule has 3 aromatic carbocycles. The summed E-state index contributed by atoms with van der Waals surface area (Å²) in [6.07, 6.45) is 4.20. The molecule has 3 N–H and O–H groups in total. The quantitative estimate of drug-likeness (QED) is 0.348. The Bertz CT molecular complexity index is 1400. The van der Waals surface area contributed by atoms with Gasteiger partial charge in [0.15, 0.2) is 5.78 Å². The Morgan fingerprint density at radius 3 is 2.49 bits per heavy atom. The van der Waals surface area contributed by atoms with Gasteiger partial charge in [-0.05, 0) is 66.7 Å². The third kappa shape index (κ3) is 4.29. The number of piperidine rings is 1. The first-order valence-electron chi connectivity index (χ1n) is 12.0. The lowest BCUT2D eigenvalue weighted by molar-refractivity contribution is 0.0954. The van der Waals surface area contributed by atoms with Crippen molar-refractivity contribution in [2.75, 3.05) is 23.7 Å². The Morgan fingerprint density at radius 1 is 0.857 bits per heavy atom. The molecule has 2 fully saturated rings. The van der Waals surface area contributed by atoms with E-state index in [1.165, 1.54) is 5.56 Å². The van der Waals surface area contributed by atoms with Crippen LogP contribution < -0.4 is 16.0 Å². The molecular formula is C29H26N4O2. The monoisotopic (exact) mass is 462 g/mol. The predicted octanol–water partition coefficient (Wildman–Crippen LogP) is 5.12. The normalized spacial score (nSPS) is 20.3. The van der Waals surface area contributed by atoms with Gasteiger partial charge in [0.1, 0.15) is 0 Å². The minimum Gasteiger partial charge on any atom is -0.316 e. The smallest absolute Gasteiger partial charge is 0.316 e. The van der Waals surface area contributed by atoms with Crippen molar-refractivity contribution in [2.45, 2.75) is 6.42 Å². The van der Waals surface area contributed by atoms with E-state index in [0.717, 1.165) is 35.8 Å². The lowest BCUT2D eigenvalue weighted by Crippen LogP contribution is -2.23. The van der Waals surface area contributed by atoms with Gasteiger partial charge in [0, 0.05) is 34.6 Å². The maximum atomic E-state index is 13.4. The summed E-state index contributed by atoms with van der Waals surface area (Å²) in [6, 6.07) is 23.2. The van der Waals surface area contributed by atoms with Crippen molar-refractivity contribution >= 4 is 34.0 Å². The van der Waals surface area contributed by atoms with Gasteiger partial charge in [-0.2, -0.15) is 0 Å². The van der Waals surface area contributed by atoms with E-state index in [0.29, 0.717) is 28.8 Å². The lowest BCUT2D eigenvalue weighted by Gasteiger charge is -2.15. The minimum absolute atomic E-state index is 0.0467. The number of rotatable bonds is 6. The van der Waals surface area contributed by atoms with E-state index in [9.17, 15) is 9.59 Å². The molecular weight excluding hydrogens is 436 g/mol. The van der Waals surface area contributed by atoms with Gasteiger partial charge in [0.05, 0.1) is 11.4 Å². The fourth-order valence-electron chi connectivity index (χ4n) is 5.35. The van der Waals surface area contributed by atoms with E-state index in [2.05, 4.69) is 33.1 Å². The van der Waals surface area contributed by atoms with Crippen LogP contribution in [0.1, 0.15) is 21.5 Å². The second-order valence-electron chi connectivity index (χ2n) is 9.40. The number of anilines is 2. The number of hydrogen-bond acceptors (Lipinski definition) is 4. The van der Waals surface area contributed by atoms with E-state index in [-0.39, 0.29) is 17.7 Å². The number of aromatic nitrogens is 1. The molecule has 2 heterocycles. The zero-order valence-electron chi connectivity index (χ0n) is 19.2. The van der Waals surface area contributed by atoms with E-state index in [1.54, 1.807) is 12.4 Å². The van der Waals surface area contributed by atoms with Gasteiger partial charge in [-0.3, -0.25) is 9.78 Å². The van der Waals surface area contributed by atoms with Crippen LogP contribution in [-0.2, 0) is 6.42 Å². The highest BCUT2D eigenvalue weighted by Crippen LogP contribution is 2.50. The van der Waals surface area contributed by atoms with Crippen molar-refractivity contribution in [3.63, 3.8) is 0 Å². The van der Waals surface area contributed by atoms with E-state index in [4.69, 9.17) is 0 Å². The topological polar surface area (TPSA) is 83.1 Å². The van der Waals surface area contributed by atoms with Crippen molar-refractivity contribution in [1.82, 2.24) is 10.3 Å². The number of nitrogens with one attached hydrogen (secondary N) is 3. The van der Waals surface area contributed by atoms with Crippen molar-refractivity contribution in [2.24, 2.45) is 17.8 Å². The van der Waals surface area contributed by atoms with Crippen molar-refractivity contribution < 1.29 is 9.59 Å². The number of nitrogens with zero attached hydrogens (tertiary/aromatic N) is 1. The van der Waals surface area contributed by atoms with Gasteiger partial charge >= 0.3 is 6.03 Å². The second kappa shape index (κ2) is 8.96. The number of hydrogen-bond donors (Lipinski definition) is 3. The highest BCUT2D eigenvalue weighted by molar-refractivity contribution is 6.11. The minimum atomic E-state index is -0.377. The van der Waals surface area contributed by atoms with Crippen LogP contribution in [-0.4, -0.2) is 29.9 Å². The number of carbonyl (C=O) groups excluding carboxylic acids is 2. The Kier molecular flexibility index (Phi) is 5.51. The summed E-state index contributed by atoms with van der Waals surface area (Å²) < 4.78 is 0. The molecule has 1 aliphatic carbocycles. The summed E-state index contributed by atoms with van der Waals surface area (Å²) in [4.78, 5) is 30.7. The van der Waals surface area contributed by atoms with Crippen LogP contribution in [0.15, 0.2) is 85.2 Å². The lowest BCUT2D eigenvalue weighted by atomic mass is 9.97. The molecule has 1 saturated carbocycles. The molecule has 6 rings (SSSR count). The van der Waals surface area contributed by atoms with Gasteiger partial charge < -0.3 is 16.0 Å². The van der Waals surface area contributed by atoms with Crippen LogP contribution in [0.25, 0.3) is 10.8 Å². The van der Waals surface area contributed by atoms with Gasteiger partial charge in [-0.1, -0.05) is 48.5 Å². The highest BCUT2D eigenvalue weighted by atomic mass is 16.2. The van der Waals surface area contributed by atoms with Gasteiger partial charge in [-0.25, -0.2) is 4.79 Å². The van der Waals surface area contributed by atoms with Crippen LogP contribution >= 0.6 is 0 Å². The molecule has 0 radical (unpaired) electrons. The summed E-state index contributed by atoms with van der Waals surface area (Å²) in [5.74, 6) is 1.000. The first-order valence-corrected chi connectivity index (χ1v) is 12.0. The van der Waals surface area contributed by atoms with Crippen molar-refractivity contribution in [1.29, 1.82) is 0 Å². The first kappa shape index (κ1) is 21.5. The summed E-state index contributed by atoms with van der Waals surface area (Å²) >= 11 is 0. The first-order chi connectivity index (χ1) is 17.2. The van der Waals surface area contributed by atoms with Crippen LogP contribution in [0.3, 0.4) is 0 Å². The van der Waals surface area contributed by atoms with E-state index in [1.807, 2.05) is 60.7 Å². The van der Waals surface area contributed by atoms with Gasteiger partial charge in [-0.15, -0.1) is 0 Å². The van der Waals surface area contributed by atoms with Crippen LogP contribution in [0.2, 0.25) is 0 Å². The van der Waals surface area contributed by atoms with E-state index < -0.39 is 0 Å². The summed E-state index contributed by atoms with van der Waals surface area (Å²) in [5, 5.41) is 11.1. The second-order valence-corrected chi connectivity index (χ2v) is 9.40. The molecule has 2 unspecified atom stereocenters. The number of carbonyl (C=O) groups is 2. The van der Waals surface area contributed by atoms with Crippen LogP contribution in [0.5, 0.6) is 0 Å². The average molecular weight is 463 g/mol. The van der Waals surface area contributed by atoms with Gasteiger partial charge in [0.2, 0.25) is 0 Å². The fourth-order valence-corrected chi connectivity index (χ4v) is 5.35. The molecule has 2 amide bonds. The number of benzene rings is 3. The zero-order valence-corrected chi connectivity index (χ0v) is 19.2. The summed E-state index contributed by atoms with van der Waals surface area (Å²) in [6.45, 7) is 1.79. The molecule has 6 heteroatoms. The Balaban J connectivity index is 1.28. The molecule has 0 bridgehead atoms. The van der Waals surface area contributed by atoms with Crippen molar-refractivity contribution in [3.05, 3.63) is 102 Å². The third-order valence-corrected chi connectivity index (χ3v) is 7.17. The molecule has 1 aliphatic heterocycles. The molecule has 2 atom stereocenters. The molecule has 174 valence electrons. The van der Waals surface area contributed by atoms with Crippen LogP contribution in [0.4, 0.5) is 16.2 Å².